The zero-order valence-corrected chi connectivity index (χ0v) is 13.3. The van der Waals surface area contributed by atoms with E-state index in [9.17, 15) is 14.4 Å². The number of rotatable bonds is 5. The maximum absolute atomic E-state index is 12.2. The molecule has 1 heterocycles. The van der Waals surface area contributed by atoms with Crippen LogP contribution in [0.15, 0.2) is 48.5 Å². The molecule has 0 atom stereocenters. The van der Waals surface area contributed by atoms with E-state index in [2.05, 4.69) is 0 Å². The quantitative estimate of drug-likeness (QED) is 0.785. The van der Waals surface area contributed by atoms with E-state index in [0.717, 1.165) is 0 Å². The standard InChI is InChI=1S/C19H15NO5/c21-17-15-3-1-2-4-16(15)18(22)20(17)25-19(23)13-7-9-14(10-8-13)24-11-12-5-6-12/h1-4,7-10,12H,5-6,11H2. The molecule has 2 aromatic carbocycles. The molecule has 0 radical (unpaired) electrons. The van der Waals surface area contributed by atoms with Crippen LogP contribution in [0.25, 0.3) is 0 Å². The molecule has 0 N–H and O–H groups in total. The highest BCUT2D eigenvalue weighted by molar-refractivity contribution is 6.21. The van der Waals surface area contributed by atoms with Crippen LogP contribution in [0.1, 0.15) is 43.9 Å². The van der Waals surface area contributed by atoms with Gasteiger partial charge in [0.1, 0.15) is 5.75 Å². The SMILES string of the molecule is O=C(ON1C(=O)c2ccccc2C1=O)c1ccc(OCC2CC2)cc1. The molecule has 1 saturated carbocycles. The summed E-state index contributed by atoms with van der Waals surface area (Å²) >= 11 is 0. The van der Waals surface area contributed by atoms with E-state index in [0.29, 0.717) is 23.3 Å². The summed E-state index contributed by atoms with van der Waals surface area (Å²) in [6.45, 7) is 0.679. The number of carbonyl (C=O) groups is 3. The molecule has 6 heteroatoms. The summed E-state index contributed by atoms with van der Waals surface area (Å²) in [5.74, 6) is -0.748. The first-order chi connectivity index (χ1) is 12.1. The number of carbonyl (C=O) groups excluding carboxylic acids is 3. The van der Waals surface area contributed by atoms with Gasteiger partial charge in [-0.1, -0.05) is 17.2 Å². The van der Waals surface area contributed by atoms with Gasteiger partial charge >= 0.3 is 5.97 Å². The van der Waals surface area contributed by atoms with Crippen LogP contribution in [0.2, 0.25) is 0 Å². The normalized spacial score (nSPS) is 15.9. The molecule has 1 aliphatic carbocycles. The highest BCUT2D eigenvalue weighted by Gasteiger charge is 2.38. The van der Waals surface area contributed by atoms with E-state index < -0.39 is 17.8 Å². The zero-order chi connectivity index (χ0) is 17.4. The lowest BCUT2D eigenvalue weighted by Gasteiger charge is -2.13. The zero-order valence-electron chi connectivity index (χ0n) is 13.3. The fourth-order valence-corrected chi connectivity index (χ4v) is 2.57. The third-order valence-corrected chi connectivity index (χ3v) is 4.20. The maximum atomic E-state index is 12.2. The van der Waals surface area contributed by atoms with Crippen molar-refractivity contribution in [1.82, 2.24) is 5.06 Å². The summed E-state index contributed by atoms with van der Waals surface area (Å²) in [7, 11) is 0. The van der Waals surface area contributed by atoms with Crippen LogP contribution >= 0.6 is 0 Å². The minimum atomic E-state index is -0.775. The third-order valence-electron chi connectivity index (χ3n) is 4.20. The molecule has 0 aromatic heterocycles. The van der Waals surface area contributed by atoms with E-state index in [-0.39, 0.29) is 16.7 Å². The van der Waals surface area contributed by atoms with Gasteiger partial charge in [-0.05, 0) is 55.2 Å². The molecule has 2 amide bonds. The molecule has 0 saturated heterocycles. The Bertz CT molecular complexity index is 819. The average molecular weight is 337 g/mol. The second-order valence-electron chi connectivity index (χ2n) is 6.11. The lowest BCUT2D eigenvalue weighted by molar-refractivity contribution is -0.0584. The first-order valence-corrected chi connectivity index (χ1v) is 8.06. The van der Waals surface area contributed by atoms with Crippen LogP contribution in [-0.2, 0) is 4.84 Å². The monoisotopic (exact) mass is 337 g/mol. The van der Waals surface area contributed by atoms with Crippen molar-refractivity contribution in [2.45, 2.75) is 12.8 Å². The number of amides is 2. The smallest absolute Gasteiger partial charge is 0.363 e. The minimum Gasteiger partial charge on any atom is -0.493 e. The van der Waals surface area contributed by atoms with Crippen molar-refractivity contribution < 1.29 is 24.0 Å². The predicted octanol–water partition coefficient (Wildman–Crippen LogP) is 2.84. The number of hydrogen-bond donors (Lipinski definition) is 0. The Labute approximate surface area is 143 Å². The Hall–Kier alpha value is -3.15. The van der Waals surface area contributed by atoms with E-state index in [4.69, 9.17) is 9.57 Å². The Morgan fingerprint density at radius 1 is 0.960 bits per heavy atom. The number of hydroxylamine groups is 2. The summed E-state index contributed by atoms with van der Waals surface area (Å²) in [5, 5.41) is 0.504. The largest absolute Gasteiger partial charge is 0.493 e. The van der Waals surface area contributed by atoms with Gasteiger partial charge in [-0.25, -0.2) is 4.79 Å². The van der Waals surface area contributed by atoms with E-state index in [1.165, 1.54) is 25.0 Å². The van der Waals surface area contributed by atoms with Crippen molar-refractivity contribution in [2.24, 2.45) is 5.92 Å². The van der Waals surface area contributed by atoms with Crippen LogP contribution in [0.3, 0.4) is 0 Å². The molecule has 6 nitrogen and oxygen atoms in total. The van der Waals surface area contributed by atoms with Crippen LogP contribution in [0, 0.1) is 5.92 Å². The van der Waals surface area contributed by atoms with Gasteiger partial charge in [0.2, 0.25) is 0 Å². The molecule has 0 bridgehead atoms. The van der Waals surface area contributed by atoms with E-state index in [1.54, 1.807) is 36.4 Å². The van der Waals surface area contributed by atoms with Crippen molar-refractivity contribution >= 4 is 17.8 Å². The highest BCUT2D eigenvalue weighted by Crippen LogP contribution is 2.29. The second kappa shape index (κ2) is 6.05. The fourth-order valence-electron chi connectivity index (χ4n) is 2.57. The topological polar surface area (TPSA) is 72.9 Å². The molecule has 1 aliphatic heterocycles. The Morgan fingerprint density at radius 3 is 2.12 bits per heavy atom. The van der Waals surface area contributed by atoms with Crippen LogP contribution in [0.5, 0.6) is 5.75 Å². The van der Waals surface area contributed by atoms with Crippen molar-refractivity contribution in [2.75, 3.05) is 6.61 Å². The van der Waals surface area contributed by atoms with E-state index in [1.807, 2.05) is 0 Å². The van der Waals surface area contributed by atoms with Gasteiger partial charge in [0.25, 0.3) is 11.8 Å². The second-order valence-corrected chi connectivity index (χ2v) is 6.11. The molecule has 2 aromatic rings. The molecule has 1 fully saturated rings. The molecular formula is C19H15NO5. The molecule has 0 spiro atoms. The molecule has 4 rings (SSSR count). The van der Waals surface area contributed by atoms with Crippen LogP contribution < -0.4 is 4.74 Å². The van der Waals surface area contributed by atoms with Gasteiger partial charge in [0.15, 0.2) is 0 Å². The predicted molar refractivity (Wildman–Crippen MR) is 87.0 cm³/mol. The Balaban J connectivity index is 1.43. The van der Waals surface area contributed by atoms with Crippen LogP contribution in [-0.4, -0.2) is 29.5 Å². The number of fused-ring (bicyclic) bond motifs is 1. The average Bonchev–Trinajstić information content (AvgIpc) is 3.44. The number of ether oxygens (including phenoxy) is 1. The van der Waals surface area contributed by atoms with Crippen molar-refractivity contribution in [3.05, 3.63) is 65.2 Å². The first kappa shape index (κ1) is 15.4. The fraction of sp³-hybridized carbons (Fsp3) is 0.211. The van der Waals surface area contributed by atoms with Gasteiger partial charge in [-0.3, -0.25) is 9.59 Å². The van der Waals surface area contributed by atoms with Crippen molar-refractivity contribution in [3.63, 3.8) is 0 Å². The van der Waals surface area contributed by atoms with Crippen molar-refractivity contribution in [3.8, 4) is 5.75 Å². The molecule has 0 unspecified atom stereocenters. The van der Waals surface area contributed by atoms with Gasteiger partial charge < -0.3 is 9.57 Å². The summed E-state index contributed by atoms with van der Waals surface area (Å²) in [6, 6.07) is 12.8. The molecule has 126 valence electrons. The summed E-state index contributed by atoms with van der Waals surface area (Å²) in [6.07, 6.45) is 2.40. The molecular weight excluding hydrogens is 322 g/mol. The lowest BCUT2D eigenvalue weighted by atomic mass is 10.1. The Morgan fingerprint density at radius 2 is 1.56 bits per heavy atom. The maximum Gasteiger partial charge on any atom is 0.363 e. The summed E-state index contributed by atoms with van der Waals surface area (Å²) < 4.78 is 5.60. The summed E-state index contributed by atoms with van der Waals surface area (Å²) in [4.78, 5) is 41.6. The van der Waals surface area contributed by atoms with E-state index >= 15 is 0 Å². The summed E-state index contributed by atoms with van der Waals surface area (Å²) in [5.41, 5.74) is 0.684. The number of imide groups is 1. The number of nitrogens with zero attached hydrogens (tertiary/aromatic N) is 1. The number of benzene rings is 2. The van der Waals surface area contributed by atoms with Crippen LogP contribution in [0.4, 0.5) is 0 Å². The van der Waals surface area contributed by atoms with Crippen molar-refractivity contribution in [1.29, 1.82) is 0 Å². The lowest BCUT2D eigenvalue weighted by Crippen LogP contribution is -2.32. The highest BCUT2D eigenvalue weighted by atomic mass is 16.7. The Kier molecular flexibility index (Phi) is 3.72. The van der Waals surface area contributed by atoms with Gasteiger partial charge in [0, 0.05) is 0 Å². The van der Waals surface area contributed by atoms with Gasteiger partial charge in [-0.2, -0.15) is 0 Å². The number of hydrogen-bond acceptors (Lipinski definition) is 5. The first-order valence-electron chi connectivity index (χ1n) is 8.06. The molecule has 25 heavy (non-hydrogen) atoms. The van der Waals surface area contributed by atoms with Gasteiger partial charge in [-0.15, -0.1) is 0 Å². The minimum absolute atomic E-state index is 0.226. The third kappa shape index (κ3) is 2.98. The molecule has 2 aliphatic rings. The van der Waals surface area contributed by atoms with Gasteiger partial charge in [0.05, 0.1) is 23.3 Å².